The molecule has 1 atom stereocenters. The summed E-state index contributed by atoms with van der Waals surface area (Å²) >= 11 is 6.30. The van der Waals surface area contributed by atoms with Crippen LogP contribution >= 0.6 is 11.6 Å². The van der Waals surface area contributed by atoms with Crippen LogP contribution in [0.3, 0.4) is 0 Å². The third-order valence-corrected chi connectivity index (χ3v) is 5.54. The van der Waals surface area contributed by atoms with E-state index in [-0.39, 0.29) is 17.5 Å². The molecule has 4 rings (SSSR count). The van der Waals surface area contributed by atoms with Crippen molar-refractivity contribution in [1.82, 2.24) is 0 Å². The van der Waals surface area contributed by atoms with Crippen LogP contribution in [0.5, 0.6) is 5.75 Å². The molecule has 0 fully saturated rings. The number of amides is 1. The topological polar surface area (TPSA) is 68.5 Å². The van der Waals surface area contributed by atoms with Crippen LogP contribution in [0.4, 0.5) is 5.69 Å². The fraction of sp³-hybridized carbons (Fsp3) is 0.120. The van der Waals surface area contributed by atoms with Gasteiger partial charge in [0.2, 0.25) is 11.7 Å². The van der Waals surface area contributed by atoms with Crippen LogP contribution in [0.15, 0.2) is 77.2 Å². The second-order valence-corrected chi connectivity index (χ2v) is 7.52. The fourth-order valence-corrected chi connectivity index (χ4v) is 3.57. The Morgan fingerprint density at radius 2 is 1.71 bits per heavy atom. The number of anilines is 1. The standard InChI is InChI=1S/C25H20ClNO4/c1-15-20-13-10-18(27-25(29)22(26)16-6-4-3-5-7-16)14-21(20)31-24(15)23(28)17-8-11-19(30-2)12-9-17/h3-14,22H,1-2H3,(H,27,29). The summed E-state index contributed by atoms with van der Waals surface area (Å²) in [6.45, 7) is 1.84. The lowest BCUT2D eigenvalue weighted by Gasteiger charge is -2.10. The molecule has 1 heterocycles. The van der Waals surface area contributed by atoms with Gasteiger partial charge < -0.3 is 14.5 Å². The van der Waals surface area contributed by atoms with E-state index < -0.39 is 5.38 Å². The third-order valence-electron chi connectivity index (χ3n) is 5.09. The summed E-state index contributed by atoms with van der Waals surface area (Å²) in [7, 11) is 1.57. The van der Waals surface area contributed by atoms with E-state index >= 15 is 0 Å². The van der Waals surface area contributed by atoms with Crippen LogP contribution in [0.1, 0.15) is 32.6 Å². The van der Waals surface area contributed by atoms with Crippen molar-refractivity contribution in [2.75, 3.05) is 12.4 Å². The van der Waals surface area contributed by atoms with Gasteiger partial charge >= 0.3 is 0 Å². The van der Waals surface area contributed by atoms with Crippen molar-refractivity contribution in [2.24, 2.45) is 0 Å². The van der Waals surface area contributed by atoms with E-state index in [2.05, 4.69) is 5.32 Å². The Balaban J connectivity index is 1.58. The number of alkyl halides is 1. The average Bonchev–Trinajstić information content (AvgIpc) is 3.14. The van der Waals surface area contributed by atoms with Gasteiger partial charge in [0.15, 0.2) is 5.76 Å². The molecule has 156 valence electrons. The maximum atomic E-state index is 12.9. The van der Waals surface area contributed by atoms with Gasteiger partial charge in [-0.15, -0.1) is 11.6 Å². The van der Waals surface area contributed by atoms with Crippen molar-refractivity contribution in [3.05, 3.63) is 95.2 Å². The monoisotopic (exact) mass is 433 g/mol. The zero-order valence-electron chi connectivity index (χ0n) is 17.0. The number of furan rings is 1. The van der Waals surface area contributed by atoms with Crippen LogP contribution in [-0.2, 0) is 4.79 Å². The Morgan fingerprint density at radius 3 is 2.39 bits per heavy atom. The Hall–Kier alpha value is -3.57. The summed E-state index contributed by atoms with van der Waals surface area (Å²) in [6, 6.07) is 21.3. The number of benzene rings is 3. The molecule has 1 aromatic heterocycles. The normalized spacial score (nSPS) is 11.8. The number of halogens is 1. The van der Waals surface area contributed by atoms with Crippen molar-refractivity contribution < 1.29 is 18.7 Å². The number of hydrogen-bond acceptors (Lipinski definition) is 4. The SMILES string of the molecule is COc1ccc(C(=O)c2oc3cc(NC(=O)C(Cl)c4ccccc4)ccc3c2C)cc1. The molecule has 1 unspecified atom stereocenters. The summed E-state index contributed by atoms with van der Waals surface area (Å²) in [5, 5.41) is 2.79. The first-order chi connectivity index (χ1) is 15.0. The molecule has 4 aromatic rings. The Bertz CT molecular complexity index is 1250. The van der Waals surface area contributed by atoms with E-state index in [1.807, 2.05) is 31.2 Å². The molecule has 1 amide bonds. The minimum atomic E-state index is -0.817. The molecule has 0 bridgehead atoms. The molecule has 0 radical (unpaired) electrons. The van der Waals surface area contributed by atoms with Crippen molar-refractivity contribution >= 4 is 39.9 Å². The first kappa shape index (κ1) is 20.7. The summed E-state index contributed by atoms with van der Waals surface area (Å²) < 4.78 is 11.0. The molecular formula is C25H20ClNO4. The molecule has 0 aliphatic rings. The van der Waals surface area contributed by atoms with E-state index in [0.717, 1.165) is 10.9 Å². The molecule has 3 aromatic carbocycles. The van der Waals surface area contributed by atoms with Crippen molar-refractivity contribution in [2.45, 2.75) is 12.3 Å². The highest BCUT2D eigenvalue weighted by Crippen LogP contribution is 2.30. The van der Waals surface area contributed by atoms with Gasteiger partial charge in [-0.3, -0.25) is 9.59 Å². The number of ketones is 1. The molecule has 1 N–H and O–H groups in total. The number of ether oxygens (including phenoxy) is 1. The lowest BCUT2D eigenvalue weighted by Crippen LogP contribution is -2.17. The van der Waals surface area contributed by atoms with Crippen LogP contribution in [-0.4, -0.2) is 18.8 Å². The third kappa shape index (κ3) is 4.18. The van der Waals surface area contributed by atoms with E-state index in [1.165, 1.54) is 0 Å². The molecule has 6 heteroatoms. The first-order valence-corrected chi connectivity index (χ1v) is 10.1. The van der Waals surface area contributed by atoms with Gasteiger partial charge in [0, 0.05) is 28.3 Å². The van der Waals surface area contributed by atoms with Crippen LogP contribution in [0.25, 0.3) is 11.0 Å². The number of methoxy groups -OCH3 is 1. The van der Waals surface area contributed by atoms with Gasteiger partial charge in [0.25, 0.3) is 0 Å². The highest BCUT2D eigenvalue weighted by atomic mass is 35.5. The van der Waals surface area contributed by atoms with Crippen LogP contribution in [0, 0.1) is 6.92 Å². The maximum Gasteiger partial charge on any atom is 0.246 e. The van der Waals surface area contributed by atoms with Crippen molar-refractivity contribution in [3.63, 3.8) is 0 Å². The molecule has 0 aliphatic heterocycles. The number of fused-ring (bicyclic) bond motifs is 1. The zero-order chi connectivity index (χ0) is 22.0. The van der Waals surface area contributed by atoms with Gasteiger partial charge in [0.05, 0.1) is 7.11 Å². The van der Waals surface area contributed by atoms with Gasteiger partial charge in [-0.1, -0.05) is 30.3 Å². The highest BCUT2D eigenvalue weighted by Gasteiger charge is 2.21. The van der Waals surface area contributed by atoms with Gasteiger partial charge in [-0.2, -0.15) is 0 Å². The number of carbonyl (C=O) groups excluding carboxylic acids is 2. The molecule has 5 nitrogen and oxygen atoms in total. The molecular weight excluding hydrogens is 414 g/mol. The minimum absolute atomic E-state index is 0.216. The Labute approximate surface area is 184 Å². The molecule has 0 aliphatic carbocycles. The Morgan fingerprint density at radius 1 is 1.00 bits per heavy atom. The zero-order valence-corrected chi connectivity index (χ0v) is 17.8. The molecule has 31 heavy (non-hydrogen) atoms. The van der Waals surface area contributed by atoms with Gasteiger partial charge in [-0.05, 0) is 48.9 Å². The lowest BCUT2D eigenvalue weighted by atomic mass is 10.0. The Kier molecular flexibility index (Phi) is 5.78. The molecule has 0 spiro atoms. The number of rotatable bonds is 6. The number of nitrogens with one attached hydrogen (secondary N) is 1. The summed E-state index contributed by atoms with van der Waals surface area (Å²) in [5.41, 5.74) is 3.01. The number of aryl methyl sites for hydroxylation is 1. The summed E-state index contributed by atoms with van der Waals surface area (Å²) in [6.07, 6.45) is 0. The summed E-state index contributed by atoms with van der Waals surface area (Å²) in [4.78, 5) is 25.5. The fourth-order valence-electron chi connectivity index (χ4n) is 3.37. The maximum absolute atomic E-state index is 12.9. The second kappa shape index (κ2) is 8.66. The van der Waals surface area contributed by atoms with Gasteiger partial charge in [-0.25, -0.2) is 0 Å². The van der Waals surface area contributed by atoms with Crippen LogP contribution in [0.2, 0.25) is 0 Å². The predicted octanol–water partition coefficient (Wildman–Crippen LogP) is 5.90. The van der Waals surface area contributed by atoms with E-state index in [9.17, 15) is 9.59 Å². The lowest BCUT2D eigenvalue weighted by molar-refractivity contribution is -0.116. The van der Waals surface area contributed by atoms with E-state index in [0.29, 0.717) is 28.1 Å². The van der Waals surface area contributed by atoms with E-state index in [1.54, 1.807) is 55.6 Å². The average molecular weight is 434 g/mol. The minimum Gasteiger partial charge on any atom is -0.497 e. The summed E-state index contributed by atoms with van der Waals surface area (Å²) in [5.74, 6) is 0.381. The highest BCUT2D eigenvalue weighted by molar-refractivity contribution is 6.32. The predicted molar refractivity (Wildman–Crippen MR) is 121 cm³/mol. The largest absolute Gasteiger partial charge is 0.497 e. The van der Waals surface area contributed by atoms with E-state index in [4.69, 9.17) is 20.8 Å². The van der Waals surface area contributed by atoms with Crippen molar-refractivity contribution in [1.29, 1.82) is 0 Å². The second-order valence-electron chi connectivity index (χ2n) is 7.09. The number of hydrogen-bond donors (Lipinski definition) is 1. The molecule has 0 saturated carbocycles. The number of carbonyl (C=O) groups is 2. The first-order valence-electron chi connectivity index (χ1n) is 9.69. The van der Waals surface area contributed by atoms with Gasteiger partial charge in [0.1, 0.15) is 16.7 Å². The molecule has 0 saturated heterocycles. The quantitative estimate of drug-likeness (QED) is 0.303. The van der Waals surface area contributed by atoms with Crippen LogP contribution < -0.4 is 10.1 Å². The van der Waals surface area contributed by atoms with Crippen molar-refractivity contribution in [3.8, 4) is 5.75 Å². The smallest absolute Gasteiger partial charge is 0.246 e.